The average Bonchev–Trinajstić information content (AvgIpc) is 2.33. The number of rotatable bonds is 4. The summed E-state index contributed by atoms with van der Waals surface area (Å²) in [5.41, 5.74) is -0.704. The van der Waals surface area contributed by atoms with Crippen LogP contribution >= 0.6 is 0 Å². The maximum absolute atomic E-state index is 9.76. The molecular weight excluding hydrogens is 463 g/mol. The van der Waals surface area contributed by atoms with Crippen molar-refractivity contribution in [3.05, 3.63) is 23.3 Å². The Labute approximate surface area is 170 Å². The van der Waals surface area contributed by atoms with Gasteiger partial charge in [-0.2, -0.15) is 0 Å². The molecule has 0 heterocycles. The molecule has 0 saturated carbocycles. The van der Waals surface area contributed by atoms with Crippen LogP contribution in [0.1, 0.15) is 55.4 Å². The van der Waals surface area contributed by atoms with Gasteiger partial charge in [0.25, 0.3) is 0 Å². The Morgan fingerprint density at radius 2 is 0.852 bits per heavy atom. The fourth-order valence-electron chi connectivity index (χ4n) is 2.06. The van der Waals surface area contributed by atoms with Crippen LogP contribution in [0.4, 0.5) is 0 Å². The Morgan fingerprint density at radius 3 is 0.889 bits per heavy atom. The summed E-state index contributed by atoms with van der Waals surface area (Å²) in [6.45, 7) is 16.5. The van der Waals surface area contributed by atoms with Gasteiger partial charge in [0.15, 0.2) is 0 Å². The molecule has 0 amide bonds. The minimum absolute atomic E-state index is 0.352. The number of hydrogen-bond donors (Lipinski definition) is 0. The van der Waals surface area contributed by atoms with E-state index in [0.717, 1.165) is 13.8 Å². The molecule has 27 heavy (non-hydrogen) atoms. The molecule has 0 spiro atoms. The van der Waals surface area contributed by atoms with Gasteiger partial charge in [-0.1, -0.05) is 0 Å². The molecule has 9 heteroatoms. The maximum atomic E-state index is 9.76. The molecule has 0 saturated heterocycles. The number of carboxylic acids is 4. The van der Waals surface area contributed by atoms with Gasteiger partial charge in [-0.25, -0.2) is 0 Å². The van der Waals surface area contributed by atoms with Gasteiger partial charge in [-0.3, -0.25) is 0 Å². The second-order valence-corrected chi connectivity index (χ2v) is 21.3. The number of carboxylic acid groups (broad SMARTS) is 4. The Kier molecular flexibility index (Phi) is 14.8. The van der Waals surface area contributed by atoms with Crippen molar-refractivity contribution in [1.29, 1.82) is 0 Å². The molecule has 0 aliphatic rings. The van der Waals surface area contributed by atoms with Crippen LogP contribution in [0, 0.1) is 0 Å². The van der Waals surface area contributed by atoms with Gasteiger partial charge >= 0.3 is 69.5 Å². The molecular formula is C18H28O8Sn. The third-order valence-corrected chi connectivity index (χ3v) is 8.43. The van der Waals surface area contributed by atoms with E-state index in [2.05, 4.69) is 41.5 Å². The zero-order valence-corrected chi connectivity index (χ0v) is 21.2. The van der Waals surface area contributed by atoms with Gasteiger partial charge < -0.3 is 39.6 Å². The minimum atomic E-state index is -1.53. The molecule has 0 aromatic heterocycles. The van der Waals surface area contributed by atoms with Crippen molar-refractivity contribution in [3.63, 3.8) is 0 Å². The van der Waals surface area contributed by atoms with Gasteiger partial charge in [0.05, 0.1) is 23.9 Å². The van der Waals surface area contributed by atoms with Crippen molar-refractivity contribution in [2.75, 3.05) is 0 Å². The van der Waals surface area contributed by atoms with Gasteiger partial charge in [0, 0.05) is 0 Å². The van der Waals surface area contributed by atoms with E-state index in [-0.39, 0.29) is 11.1 Å². The number of carbonyl (C=O) groups excluding carboxylic acids is 4. The van der Waals surface area contributed by atoms with E-state index in [4.69, 9.17) is 0 Å². The standard InChI is InChI=1S/2C5H6O4.2C4H9.Sn.2H/c2*1-3(5(8)9)2-4(6)7;2*1-4(2)3;;;/h2*2H,1H3,(H,6,7)(H,8,9);2*1-3H3;;;/q;;;;+4;;/p-4/b2*3-2-;;;;;. The van der Waals surface area contributed by atoms with Crippen LogP contribution in [0.3, 0.4) is 0 Å². The van der Waals surface area contributed by atoms with Gasteiger partial charge in [0.2, 0.25) is 0 Å². The molecule has 0 bridgehead atoms. The summed E-state index contributed by atoms with van der Waals surface area (Å²) < 4.78 is 1.39. The fourth-order valence-corrected chi connectivity index (χ4v) is 11.1. The van der Waals surface area contributed by atoms with E-state index in [1.54, 1.807) is 0 Å². The van der Waals surface area contributed by atoms with E-state index in [1.165, 1.54) is 0 Å². The van der Waals surface area contributed by atoms with Crippen molar-refractivity contribution in [2.45, 2.75) is 62.3 Å². The summed E-state index contributed by atoms with van der Waals surface area (Å²) in [7, 11) is 0. The van der Waals surface area contributed by atoms with E-state index in [0.29, 0.717) is 19.0 Å². The number of aliphatic carboxylic acids is 4. The monoisotopic (exact) mass is 492 g/mol. The second-order valence-electron chi connectivity index (χ2n) is 8.17. The Bertz CT molecular complexity index is 537. The first-order valence-electron chi connectivity index (χ1n) is 7.99. The molecule has 4 radical (unpaired) electrons. The third-order valence-electron chi connectivity index (χ3n) is 2.37. The first-order valence-corrected chi connectivity index (χ1v) is 12.0. The number of hydrogen-bond acceptors (Lipinski definition) is 8. The van der Waals surface area contributed by atoms with Crippen LogP contribution in [0.5, 0.6) is 0 Å². The molecule has 152 valence electrons. The average molecular weight is 491 g/mol. The first-order chi connectivity index (χ1) is 11.8. The molecule has 0 unspecified atom stereocenters. The van der Waals surface area contributed by atoms with Crippen LogP contribution < -0.4 is 20.4 Å². The zero-order chi connectivity index (χ0) is 22.6. The summed E-state index contributed by atoms with van der Waals surface area (Å²) in [6, 6.07) is 0. The summed E-state index contributed by atoms with van der Waals surface area (Å²) >= 11 is -0.528. The summed E-state index contributed by atoms with van der Waals surface area (Å²) in [6.07, 6.45) is 0.935. The van der Waals surface area contributed by atoms with Crippen molar-refractivity contribution in [2.24, 2.45) is 0 Å². The molecule has 0 aliphatic heterocycles. The van der Waals surface area contributed by atoms with E-state index >= 15 is 0 Å². The van der Waals surface area contributed by atoms with Gasteiger partial charge in [-0.05, 0) is 37.1 Å². The predicted octanol–water partition coefficient (Wildman–Crippen LogP) is -2.54. The van der Waals surface area contributed by atoms with Crippen molar-refractivity contribution in [3.8, 4) is 0 Å². The molecule has 0 atom stereocenters. The quantitative estimate of drug-likeness (QED) is 0.307. The van der Waals surface area contributed by atoms with Crippen molar-refractivity contribution < 1.29 is 39.6 Å². The first kappa shape index (κ1) is 29.9. The Balaban J connectivity index is -0.000000320. The number of carbonyl (C=O) groups is 4. The topological polar surface area (TPSA) is 161 Å². The van der Waals surface area contributed by atoms with Crippen LogP contribution in [-0.2, 0) is 19.2 Å². The van der Waals surface area contributed by atoms with Gasteiger partial charge in [-0.15, -0.1) is 0 Å². The third kappa shape index (κ3) is 29.2. The van der Waals surface area contributed by atoms with E-state index < -0.39 is 45.0 Å². The van der Waals surface area contributed by atoms with Crippen LogP contribution in [0.15, 0.2) is 23.3 Å². The second kappa shape index (κ2) is 13.3. The fraction of sp³-hybridized carbons (Fsp3) is 0.556. The summed E-state index contributed by atoms with van der Waals surface area (Å²) in [5.74, 6) is -6.06. The van der Waals surface area contributed by atoms with E-state index in [1.807, 2.05) is 0 Å². The zero-order valence-electron chi connectivity index (χ0n) is 17.1. The molecule has 0 aromatic rings. The normalized spacial score (nSPS) is 12.0. The Morgan fingerprint density at radius 1 is 0.630 bits per heavy atom. The van der Waals surface area contributed by atoms with Crippen LogP contribution in [-0.4, -0.2) is 45.0 Å². The van der Waals surface area contributed by atoms with Crippen LogP contribution in [0.2, 0.25) is 6.86 Å². The summed E-state index contributed by atoms with van der Waals surface area (Å²) in [4.78, 5) is 38.8. The predicted molar refractivity (Wildman–Crippen MR) is 95.5 cm³/mol. The van der Waals surface area contributed by atoms with Crippen LogP contribution in [0.25, 0.3) is 0 Å². The van der Waals surface area contributed by atoms with E-state index in [9.17, 15) is 39.6 Å². The SMILES string of the molecule is C/C(=C/C(=O)[O-])C(=O)[O-].C/C(=C/C(=O)[O-])C(=O)[O-].C[C](C)(C)[SnH2+4][C](C)(C)C. The molecule has 0 aliphatic carbocycles. The van der Waals surface area contributed by atoms with Crippen molar-refractivity contribution >= 4 is 45.0 Å². The Hall–Kier alpha value is -1.84. The molecule has 0 rings (SSSR count). The molecule has 0 N–H and O–H groups in total. The van der Waals surface area contributed by atoms with Crippen molar-refractivity contribution in [1.82, 2.24) is 0 Å². The molecule has 8 nitrogen and oxygen atoms in total. The summed E-state index contributed by atoms with van der Waals surface area (Å²) in [5, 5.41) is 38.8. The van der Waals surface area contributed by atoms with Gasteiger partial charge in [0.1, 0.15) is 0 Å². The molecule has 0 fully saturated rings. The molecule has 0 aromatic carbocycles.